The number of aryl methyl sites for hydroxylation is 1. The standard InChI is InChI=1S/C18H16FN3O/c1-12-3-7-15(8-4-12)21-18(23)17-11-20-22(13(17)2)16-9-5-14(19)6-10-16/h3-11H,1-2H3,(H,21,23). The highest BCUT2D eigenvalue weighted by molar-refractivity contribution is 6.04. The summed E-state index contributed by atoms with van der Waals surface area (Å²) < 4.78 is 14.6. The molecule has 0 spiro atoms. The summed E-state index contributed by atoms with van der Waals surface area (Å²) in [6.45, 7) is 3.79. The van der Waals surface area contributed by atoms with Crippen molar-refractivity contribution in [1.29, 1.82) is 0 Å². The smallest absolute Gasteiger partial charge is 0.259 e. The molecule has 0 unspecified atom stereocenters. The van der Waals surface area contributed by atoms with Crippen molar-refractivity contribution in [2.75, 3.05) is 5.32 Å². The molecule has 4 nitrogen and oxygen atoms in total. The normalized spacial score (nSPS) is 10.6. The number of carbonyl (C=O) groups is 1. The number of benzene rings is 2. The number of amides is 1. The van der Waals surface area contributed by atoms with Gasteiger partial charge in [0, 0.05) is 5.69 Å². The zero-order chi connectivity index (χ0) is 16.4. The maximum atomic E-state index is 13.0. The molecule has 1 N–H and O–H groups in total. The van der Waals surface area contributed by atoms with Crippen molar-refractivity contribution in [2.45, 2.75) is 13.8 Å². The van der Waals surface area contributed by atoms with Crippen molar-refractivity contribution in [2.24, 2.45) is 0 Å². The van der Waals surface area contributed by atoms with Crippen LogP contribution in [-0.4, -0.2) is 15.7 Å². The summed E-state index contributed by atoms with van der Waals surface area (Å²) in [6, 6.07) is 13.5. The summed E-state index contributed by atoms with van der Waals surface area (Å²) >= 11 is 0. The Morgan fingerprint density at radius 1 is 1.04 bits per heavy atom. The van der Waals surface area contributed by atoms with Crippen molar-refractivity contribution in [3.8, 4) is 5.69 Å². The van der Waals surface area contributed by atoms with Gasteiger partial charge in [-0.1, -0.05) is 17.7 Å². The van der Waals surface area contributed by atoms with Gasteiger partial charge in [0.2, 0.25) is 0 Å². The van der Waals surface area contributed by atoms with Gasteiger partial charge in [-0.25, -0.2) is 9.07 Å². The first-order chi connectivity index (χ1) is 11.0. The molecular weight excluding hydrogens is 293 g/mol. The first kappa shape index (κ1) is 15.0. The molecule has 0 aliphatic carbocycles. The third-order valence-corrected chi connectivity index (χ3v) is 3.64. The molecule has 3 aromatic rings. The van der Waals surface area contributed by atoms with Gasteiger partial charge < -0.3 is 5.32 Å². The van der Waals surface area contributed by atoms with Crippen LogP contribution >= 0.6 is 0 Å². The summed E-state index contributed by atoms with van der Waals surface area (Å²) in [4.78, 5) is 12.4. The van der Waals surface area contributed by atoms with Gasteiger partial charge in [0.25, 0.3) is 5.91 Å². The Balaban J connectivity index is 1.85. The molecule has 0 saturated carbocycles. The molecule has 0 fully saturated rings. The predicted octanol–water partition coefficient (Wildman–Crippen LogP) is 3.88. The van der Waals surface area contributed by atoms with Crippen LogP contribution in [0.5, 0.6) is 0 Å². The Hall–Kier alpha value is -2.95. The van der Waals surface area contributed by atoms with E-state index in [4.69, 9.17) is 0 Å². The number of nitrogens with zero attached hydrogens (tertiary/aromatic N) is 2. The highest BCUT2D eigenvalue weighted by atomic mass is 19.1. The van der Waals surface area contributed by atoms with E-state index in [0.717, 1.165) is 11.3 Å². The fraction of sp³-hybridized carbons (Fsp3) is 0.111. The van der Waals surface area contributed by atoms with Crippen LogP contribution in [0.4, 0.5) is 10.1 Å². The molecule has 2 aromatic carbocycles. The van der Waals surface area contributed by atoms with E-state index in [9.17, 15) is 9.18 Å². The lowest BCUT2D eigenvalue weighted by molar-refractivity contribution is 0.102. The lowest BCUT2D eigenvalue weighted by Gasteiger charge is -2.07. The maximum absolute atomic E-state index is 13.0. The van der Waals surface area contributed by atoms with E-state index in [-0.39, 0.29) is 11.7 Å². The number of hydrogen-bond donors (Lipinski definition) is 1. The van der Waals surface area contributed by atoms with Crippen LogP contribution < -0.4 is 5.32 Å². The molecule has 1 heterocycles. The van der Waals surface area contributed by atoms with Crippen molar-refractivity contribution in [1.82, 2.24) is 9.78 Å². The van der Waals surface area contributed by atoms with Gasteiger partial charge in [0.15, 0.2) is 0 Å². The molecule has 116 valence electrons. The Bertz CT molecular complexity index is 836. The van der Waals surface area contributed by atoms with Crippen LogP contribution in [0.1, 0.15) is 21.6 Å². The summed E-state index contributed by atoms with van der Waals surface area (Å²) in [7, 11) is 0. The van der Waals surface area contributed by atoms with E-state index in [2.05, 4.69) is 10.4 Å². The van der Waals surface area contributed by atoms with Gasteiger partial charge in [-0.2, -0.15) is 5.10 Å². The van der Waals surface area contributed by atoms with E-state index < -0.39 is 0 Å². The molecule has 0 bridgehead atoms. The van der Waals surface area contributed by atoms with E-state index in [1.165, 1.54) is 18.3 Å². The molecule has 0 aliphatic rings. The van der Waals surface area contributed by atoms with Gasteiger partial charge in [0.05, 0.1) is 23.1 Å². The number of nitrogens with one attached hydrogen (secondary N) is 1. The van der Waals surface area contributed by atoms with Gasteiger partial charge in [-0.05, 0) is 50.2 Å². The van der Waals surface area contributed by atoms with Crippen LogP contribution in [-0.2, 0) is 0 Å². The summed E-state index contributed by atoms with van der Waals surface area (Å²) in [6.07, 6.45) is 1.52. The number of anilines is 1. The van der Waals surface area contributed by atoms with Crippen LogP contribution in [0.25, 0.3) is 5.69 Å². The molecule has 5 heteroatoms. The maximum Gasteiger partial charge on any atom is 0.259 e. The van der Waals surface area contributed by atoms with Crippen LogP contribution in [0.2, 0.25) is 0 Å². The molecule has 3 rings (SSSR count). The Kier molecular flexibility index (Phi) is 3.93. The van der Waals surface area contributed by atoms with Crippen LogP contribution in [0.15, 0.2) is 54.7 Å². The fourth-order valence-electron chi connectivity index (χ4n) is 2.31. The van der Waals surface area contributed by atoms with E-state index in [1.54, 1.807) is 23.7 Å². The van der Waals surface area contributed by atoms with Crippen molar-refractivity contribution in [3.63, 3.8) is 0 Å². The van der Waals surface area contributed by atoms with Crippen molar-refractivity contribution >= 4 is 11.6 Å². The Morgan fingerprint density at radius 3 is 2.35 bits per heavy atom. The molecule has 23 heavy (non-hydrogen) atoms. The minimum atomic E-state index is -0.309. The summed E-state index contributed by atoms with van der Waals surface area (Å²) in [5.74, 6) is -0.532. The average Bonchev–Trinajstić information content (AvgIpc) is 2.92. The van der Waals surface area contributed by atoms with Gasteiger partial charge >= 0.3 is 0 Å². The predicted molar refractivity (Wildman–Crippen MR) is 87.4 cm³/mol. The van der Waals surface area contributed by atoms with E-state index >= 15 is 0 Å². The topological polar surface area (TPSA) is 46.9 Å². The van der Waals surface area contributed by atoms with Crippen molar-refractivity contribution < 1.29 is 9.18 Å². The average molecular weight is 309 g/mol. The number of halogens is 1. The highest BCUT2D eigenvalue weighted by Gasteiger charge is 2.15. The second kappa shape index (κ2) is 6.04. The van der Waals surface area contributed by atoms with Crippen LogP contribution in [0, 0.1) is 19.7 Å². The highest BCUT2D eigenvalue weighted by Crippen LogP contribution is 2.17. The van der Waals surface area contributed by atoms with Gasteiger partial charge in [-0.15, -0.1) is 0 Å². The quantitative estimate of drug-likeness (QED) is 0.798. The third-order valence-electron chi connectivity index (χ3n) is 3.64. The molecule has 0 saturated heterocycles. The zero-order valence-electron chi connectivity index (χ0n) is 12.9. The number of rotatable bonds is 3. The molecule has 0 aliphatic heterocycles. The molecule has 1 aromatic heterocycles. The SMILES string of the molecule is Cc1ccc(NC(=O)c2cnn(-c3ccc(F)cc3)c2C)cc1. The summed E-state index contributed by atoms with van der Waals surface area (Å²) in [5, 5.41) is 7.07. The lowest BCUT2D eigenvalue weighted by atomic mass is 10.2. The minimum Gasteiger partial charge on any atom is -0.322 e. The van der Waals surface area contributed by atoms with Crippen molar-refractivity contribution in [3.05, 3.63) is 77.4 Å². The molecule has 0 atom stereocenters. The van der Waals surface area contributed by atoms with E-state index in [1.807, 2.05) is 31.2 Å². The Morgan fingerprint density at radius 2 is 1.70 bits per heavy atom. The molecule has 1 amide bonds. The second-order valence-electron chi connectivity index (χ2n) is 5.35. The lowest BCUT2D eigenvalue weighted by Crippen LogP contribution is -2.13. The second-order valence-corrected chi connectivity index (χ2v) is 5.35. The van der Waals surface area contributed by atoms with Gasteiger partial charge in [-0.3, -0.25) is 4.79 Å². The fourth-order valence-corrected chi connectivity index (χ4v) is 2.31. The summed E-state index contributed by atoms with van der Waals surface area (Å²) in [5.41, 5.74) is 3.74. The van der Waals surface area contributed by atoms with Gasteiger partial charge in [0.1, 0.15) is 5.82 Å². The number of aromatic nitrogens is 2. The number of hydrogen-bond acceptors (Lipinski definition) is 2. The third kappa shape index (κ3) is 3.13. The molecular formula is C18H16FN3O. The van der Waals surface area contributed by atoms with Crippen LogP contribution in [0.3, 0.4) is 0 Å². The molecule has 0 radical (unpaired) electrons. The zero-order valence-corrected chi connectivity index (χ0v) is 12.9. The largest absolute Gasteiger partial charge is 0.322 e. The minimum absolute atomic E-state index is 0.222. The Labute approximate surface area is 133 Å². The first-order valence-corrected chi connectivity index (χ1v) is 7.23. The first-order valence-electron chi connectivity index (χ1n) is 7.23. The number of carbonyl (C=O) groups excluding carboxylic acids is 1. The monoisotopic (exact) mass is 309 g/mol. The van der Waals surface area contributed by atoms with E-state index in [0.29, 0.717) is 16.9 Å².